The van der Waals surface area contributed by atoms with Gasteiger partial charge in [-0.15, -0.1) is 11.3 Å². The van der Waals surface area contributed by atoms with Crippen LogP contribution in [-0.4, -0.2) is 35.8 Å². The standard InChI is InChI=1S/C18H21N3O2S/c1-12-6-7-16(24-12)17(22)20-13-8-10-21(11-9-13)18(23)14-4-2-3-5-15(14)19/h2-7,13H,8-11,19H2,1H3,(H,20,22). The van der Waals surface area contributed by atoms with E-state index in [0.717, 1.165) is 22.6 Å². The quantitative estimate of drug-likeness (QED) is 0.841. The Labute approximate surface area is 145 Å². The molecule has 2 heterocycles. The molecule has 0 spiro atoms. The van der Waals surface area contributed by atoms with Gasteiger partial charge in [-0.2, -0.15) is 0 Å². The lowest BCUT2D eigenvalue weighted by Gasteiger charge is -2.32. The highest BCUT2D eigenvalue weighted by Crippen LogP contribution is 2.19. The van der Waals surface area contributed by atoms with Crippen molar-refractivity contribution in [3.8, 4) is 0 Å². The third-order valence-electron chi connectivity index (χ3n) is 4.27. The Morgan fingerprint density at radius 3 is 2.50 bits per heavy atom. The molecule has 2 amide bonds. The number of thiophene rings is 1. The van der Waals surface area contributed by atoms with Crippen molar-refractivity contribution in [3.63, 3.8) is 0 Å². The third kappa shape index (κ3) is 3.59. The smallest absolute Gasteiger partial charge is 0.261 e. The van der Waals surface area contributed by atoms with E-state index in [4.69, 9.17) is 5.73 Å². The number of amides is 2. The predicted octanol–water partition coefficient (Wildman–Crippen LogP) is 2.67. The van der Waals surface area contributed by atoms with Crippen LogP contribution in [0.3, 0.4) is 0 Å². The van der Waals surface area contributed by atoms with Gasteiger partial charge in [0.15, 0.2) is 0 Å². The second kappa shape index (κ2) is 7.05. The van der Waals surface area contributed by atoms with E-state index in [0.29, 0.717) is 24.3 Å². The Morgan fingerprint density at radius 2 is 1.88 bits per heavy atom. The first-order valence-corrected chi connectivity index (χ1v) is 8.87. The van der Waals surface area contributed by atoms with E-state index in [1.165, 1.54) is 11.3 Å². The van der Waals surface area contributed by atoms with Crippen LogP contribution in [0.2, 0.25) is 0 Å². The number of nitrogen functional groups attached to an aromatic ring is 1. The summed E-state index contributed by atoms with van der Waals surface area (Å²) >= 11 is 1.50. The van der Waals surface area contributed by atoms with Gasteiger partial charge < -0.3 is 16.0 Å². The van der Waals surface area contributed by atoms with Crippen molar-refractivity contribution in [2.24, 2.45) is 0 Å². The number of para-hydroxylation sites is 1. The average Bonchev–Trinajstić information content (AvgIpc) is 3.02. The van der Waals surface area contributed by atoms with Gasteiger partial charge in [0, 0.05) is 29.7 Å². The summed E-state index contributed by atoms with van der Waals surface area (Å²) in [6.07, 6.45) is 1.52. The van der Waals surface area contributed by atoms with Crippen molar-refractivity contribution in [1.29, 1.82) is 0 Å². The number of hydrogen-bond donors (Lipinski definition) is 2. The zero-order valence-electron chi connectivity index (χ0n) is 13.6. The number of anilines is 1. The Morgan fingerprint density at radius 1 is 1.17 bits per heavy atom. The van der Waals surface area contributed by atoms with E-state index >= 15 is 0 Å². The minimum Gasteiger partial charge on any atom is -0.398 e. The van der Waals surface area contributed by atoms with Crippen LogP contribution < -0.4 is 11.1 Å². The van der Waals surface area contributed by atoms with Gasteiger partial charge in [-0.3, -0.25) is 9.59 Å². The second-order valence-corrected chi connectivity index (χ2v) is 7.33. The molecule has 6 heteroatoms. The Bertz CT molecular complexity index is 748. The number of nitrogens with two attached hydrogens (primary N) is 1. The fourth-order valence-electron chi connectivity index (χ4n) is 2.90. The molecular weight excluding hydrogens is 322 g/mol. The lowest BCUT2D eigenvalue weighted by molar-refractivity contribution is 0.0699. The Kier molecular flexibility index (Phi) is 4.85. The predicted molar refractivity (Wildman–Crippen MR) is 96.3 cm³/mol. The van der Waals surface area contributed by atoms with Crippen molar-refractivity contribution >= 4 is 28.8 Å². The first-order chi connectivity index (χ1) is 11.5. The van der Waals surface area contributed by atoms with E-state index < -0.39 is 0 Å². The van der Waals surface area contributed by atoms with E-state index in [2.05, 4.69) is 5.32 Å². The molecule has 0 aliphatic carbocycles. The summed E-state index contributed by atoms with van der Waals surface area (Å²) in [6.45, 7) is 3.24. The van der Waals surface area contributed by atoms with Crippen LogP contribution >= 0.6 is 11.3 Å². The first-order valence-electron chi connectivity index (χ1n) is 8.05. The van der Waals surface area contributed by atoms with Gasteiger partial charge in [0.1, 0.15) is 0 Å². The summed E-state index contributed by atoms with van der Waals surface area (Å²) in [6, 6.07) is 11.0. The number of rotatable bonds is 3. The first kappa shape index (κ1) is 16.5. The van der Waals surface area contributed by atoms with Crippen LogP contribution in [0.4, 0.5) is 5.69 Å². The summed E-state index contributed by atoms with van der Waals surface area (Å²) < 4.78 is 0. The molecule has 24 heavy (non-hydrogen) atoms. The minimum atomic E-state index is -0.0354. The maximum Gasteiger partial charge on any atom is 0.261 e. The normalized spacial score (nSPS) is 15.3. The van der Waals surface area contributed by atoms with Gasteiger partial charge in [0.2, 0.25) is 0 Å². The summed E-state index contributed by atoms with van der Waals surface area (Å²) in [4.78, 5) is 28.4. The fraction of sp³-hybridized carbons (Fsp3) is 0.333. The van der Waals surface area contributed by atoms with Gasteiger partial charge in [-0.25, -0.2) is 0 Å². The van der Waals surface area contributed by atoms with E-state index in [1.807, 2.05) is 36.1 Å². The van der Waals surface area contributed by atoms with Gasteiger partial charge >= 0.3 is 0 Å². The number of carbonyl (C=O) groups is 2. The van der Waals surface area contributed by atoms with E-state index in [9.17, 15) is 9.59 Å². The van der Waals surface area contributed by atoms with Gasteiger partial charge in [0.25, 0.3) is 11.8 Å². The number of hydrogen-bond acceptors (Lipinski definition) is 4. The molecule has 1 aliphatic heterocycles. The van der Waals surface area contributed by atoms with Crippen LogP contribution in [0, 0.1) is 6.92 Å². The number of piperidine rings is 1. The Balaban J connectivity index is 1.55. The van der Waals surface area contributed by atoms with Crippen molar-refractivity contribution < 1.29 is 9.59 Å². The van der Waals surface area contributed by atoms with Crippen LogP contribution in [-0.2, 0) is 0 Å². The lowest BCUT2D eigenvalue weighted by atomic mass is 10.0. The molecule has 1 aliphatic rings. The molecule has 5 nitrogen and oxygen atoms in total. The molecule has 1 aromatic carbocycles. The van der Waals surface area contributed by atoms with Crippen LogP contribution in [0.25, 0.3) is 0 Å². The minimum absolute atomic E-state index is 0.0230. The molecule has 0 unspecified atom stereocenters. The van der Waals surface area contributed by atoms with Crippen LogP contribution in [0.1, 0.15) is 37.7 Å². The lowest BCUT2D eigenvalue weighted by Crippen LogP contribution is -2.46. The van der Waals surface area contributed by atoms with Gasteiger partial charge in [0.05, 0.1) is 10.4 Å². The van der Waals surface area contributed by atoms with Gasteiger partial charge in [-0.1, -0.05) is 12.1 Å². The number of nitrogens with one attached hydrogen (secondary N) is 1. The van der Waals surface area contributed by atoms with Crippen molar-refractivity contribution in [3.05, 3.63) is 51.7 Å². The molecule has 0 bridgehead atoms. The molecule has 1 saturated heterocycles. The molecule has 1 fully saturated rings. The SMILES string of the molecule is Cc1ccc(C(=O)NC2CCN(C(=O)c3ccccc3N)CC2)s1. The molecule has 1 aromatic heterocycles. The zero-order chi connectivity index (χ0) is 17.1. The van der Waals surface area contributed by atoms with Crippen molar-refractivity contribution in [2.75, 3.05) is 18.8 Å². The average molecular weight is 343 g/mol. The van der Waals surface area contributed by atoms with E-state index in [-0.39, 0.29) is 17.9 Å². The molecule has 0 atom stereocenters. The largest absolute Gasteiger partial charge is 0.398 e. The highest BCUT2D eigenvalue weighted by atomic mass is 32.1. The monoisotopic (exact) mass is 343 g/mol. The fourth-order valence-corrected chi connectivity index (χ4v) is 3.67. The molecule has 3 N–H and O–H groups in total. The molecule has 126 valence electrons. The maximum absolute atomic E-state index is 12.5. The number of benzene rings is 1. The molecule has 2 aromatic rings. The van der Waals surface area contributed by atoms with E-state index in [1.54, 1.807) is 12.1 Å². The number of nitrogens with zero attached hydrogens (tertiary/aromatic N) is 1. The highest BCUT2D eigenvalue weighted by Gasteiger charge is 2.25. The molecule has 0 radical (unpaired) electrons. The second-order valence-electron chi connectivity index (χ2n) is 6.04. The highest BCUT2D eigenvalue weighted by molar-refractivity contribution is 7.13. The topological polar surface area (TPSA) is 75.4 Å². The van der Waals surface area contributed by atoms with Crippen LogP contribution in [0.5, 0.6) is 0 Å². The summed E-state index contributed by atoms with van der Waals surface area (Å²) in [5.41, 5.74) is 6.94. The van der Waals surface area contributed by atoms with Crippen LogP contribution in [0.15, 0.2) is 36.4 Å². The maximum atomic E-state index is 12.5. The number of likely N-dealkylation sites (tertiary alicyclic amines) is 1. The Hall–Kier alpha value is -2.34. The summed E-state index contributed by atoms with van der Waals surface area (Å²) in [5, 5.41) is 3.07. The number of aryl methyl sites for hydroxylation is 1. The zero-order valence-corrected chi connectivity index (χ0v) is 14.4. The van der Waals surface area contributed by atoms with Crippen molar-refractivity contribution in [1.82, 2.24) is 10.2 Å². The number of carbonyl (C=O) groups excluding carboxylic acids is 2. The third-order valence-corrected chi connectivity index (χ3v) is 5.27. The van der Waals surface area contributed by atoms with Crippen molar-refractivity contribution in [2.45, 2.75) is 25.8 Å². The molecular formula is C18H21N3O2S. The summed E-state index contributed by atoms with van der Waals surface area (Å²) in [5.74, 6) is -0.0584. The summed E-state index contributed by atoms with van der Waals surface area (Å²) in [7, 11) is 0. The molecule has 3 rings (SSSR count). The van der Waals surface area contributed by atoms with Gasteiger partial charge in [-0.05, 0) is 44.0 Å². The molecule has 0 saturated carbocycles.